The van der Waals surface area contributed by atoms with Crippen LogP contribution in [0.3, 0.4) is 0 Å². The first-order valence-electron chi connectivity index (χ1n) is 6.76. The topological polar surface area (TPSA) is 74.9 Å². The largest absolute Gasteiger partial charge is 0.383 e. The van der Waals surface area contributed by atoms with Gasteiger partial charge in [-0.1, -0.05) is 6.92 Å². The molecule has 1 fully saturated rings. The van der Waals surface area contributed by atoms with Crippen molar-refractivity contribution in [2.75, 3.05) is 46.4 Å². The van der Waals surface area contributed by atoms with E-state index in [-0.39, 0.29) is 0 Å². The molecule has 0 bridgehead atoms. The molecule has 18 heavy (non-hydrogen) atoms. The molecule has 0 aliphatic carbocycles. The van der Waals surface area contributed by atoms with Gasteiger partial charge in [-0.3, -0.25) is 10.4 Å². The van der Waals surface area contributed by atoms with Crippen LogP contribution >= 0.6 is 0 Å². The van der Waals surface area contributed by atoms with E-state index in [0.717, 1.165) is 13.1 Å². The van der Waals surface area contributed by atoms with Crippen LogP contribution in [0.2, 0.25) is 0 Å². The minimum absolute atomic E-state index is 0.648. The minimum Gasteiger partial charge on any atom is -0.383 e. The Balaban J connectivity index is 2.24. The van der Waals surface area contributed by atoms with Gasteiger partial charge in [-0.2, -0.15) is 0 Å². The molecule has 0 unspecified atom stereocenters. The number of piperidine rings is 1. The number of rotatable bonds is 6. The minimum atomic E-state index is 0.648. The third kappa shape index (κ3) is 5.66. The molecule has 1 rings (SSSR count). The lowest BCUT2D eigenvalue weighted by atomic mass is 9.97. The number of hydrogen-bond donors (Lipinski definition) is 3. The van der Waals surface area contributed by atoms with Crippen LogP contribution in [0.25, 0.3) is 0 Å². The summed E-state index contributed by atoms with van der Waals surface area (Å²) in [7, 11) is 1.68. The van der Waals surface area contributed by atoms with Gasteiger partial charge >= 0.3 is 0 Å². The van der Waals surface area contributed by atoms with Gasteiger partial charge in [0.05, 0.1) is 6.61 Å². The maximum Gasteiger partial charge on any atom is 0.205 e. The molecule has 1 heterocycles. The van der Waals surface area contributed by atoms with Crippen molar-refractivity contribution in [3.63, 3.8) is 0 Å². The molecular weight excluding hydrogens is 230 g/mol. The molecular formula is C12H27N5O. The Labute approximate surface area is 110 Å². The highest BCUT2D eigenvalue weighted by molar-refractivity contribution is 5.79. The van der Waals surface area contributed by atoms with Crippen molar-refractivity contribution in [3.8, 4) is 0 Å². The zero-order valence-corrected chi connectivity index (χ0v) is 11.6. The molecule has 0 aromatic rings. The van der Waals surface area contributed by atoms with Crippen LogP contribution in [0.5, 0.6) is 0 Å². The smallest absolute Gasteiger partial charge is 0.205 e. The second-order valence-corrected chi connectivity index (χ2v) is 4.63. The summed E-state index contributed by atoms with van der Waals surface area (Å²) in [4.78, 5) is 6.97. The summed E-state index contributed by atoms with van der Waals surface area (Å²) in [5.74, 6) is 6.76. The number of nitrogens with two attached hydrogens (primary N) is 1. The number of methoxy groups -OCH3 is 1. The predicted molar refractivity (Wildman–Crippen MR) is 74.3 cm³/mol. The predicted octanol–water partition coefficient (Wildman–Crippen LogP) is -0.226. The highest BCUT2D eigenvalue weighted by Gasteiger charge is 2.17. The van der Waals surface area contributed by atoms with Gasteiger partial charge in [-0.05, 0) is 38.4 Å². The average molecular weight is 257 g/mol. The summed E-state index contributed by atoms with van der Waals surface area (Å²) in [5.41, 5.74) is 2.59. The van der Waals surface area contributed by atoms with E-state index in [1.807, 2.05) is 0 Å². The van der Waals surface area contributed by atoms with Gasteiger partial charge in [0.1, 0.15) is 0 Å². The summed E-state index contributed by atoms with van der Waals surface area (Å²) in [6.45, 7) is 7.97. The highest BCUT2D eigenvalue weighted by Crippen LogP contribution is 2.16. The molecule has 0 aromatic heterocycles. The van der Waals surface area contributed by atoms with Crippen LogP contribution < -0.4 is 16.6 Å². The standard InChI is InChI=1S/C12H27N5O/c1-3-17-7-4-11(5-8-17)10-15-12(16-13)14-6-9-18-2/h11H,3-10,13H2,1-2H3,(H2,14,15,16). The molecule has 0 radical (unpaired) electrons. The fourth-order valence-electron chi connectivity index (χ4n) is 2.13. The maximum atomic E-state index is 5.42. The summed E-state index contributed by atoms with van der Waals surface area (Å²) in [6.07, 6.45) is 2.46. The average Bonchev–Trinajstić information content (AvgIpc) is 2.43. The van der Waals surface area contributed by atoms with E-state index >= 15 is 0 Å². The van der Waals surface area contributed by atoms with Crippen LogP contribution in [0.1, 0.15) is 19.8 Å². The van der Waals surface area contributed by atoms with Crippen molar-refractivity contribution in [1.82, 2.24) is 15.6 Å². The van der Waals surface area contributed by atoms with Gasteiger partial charge in [-0.25, -0.2) is 5.84 Å². The Kier molecular flexibility index (Phi) is 7.71. The lowest BCUT2D eigenvalue weighted by Crippen LogP contribution is -2.43. The SMILES string of the molecule is CCN1CCC(CN=C(NN)NCCOC)CC1. The van der Waals surface area contributed by atoms with Crippen molar-refractivity contribution >= 4 is 5.96 Å². The van der Waals surface area contributed by atoms with E-state index in [1.165, 1.54) is 25.9 Å². The molecule has 0 spiro atoms. The second kappa shape index (κ2) is 9.13. The quantitative estimate of drug-likeness (QED) is 0.202. The number of hydrazine groups is 1. The van der Waals surface area contributed by atoms with Crippen LogP contribution in [-0.4, -0.2) is 57.3 Å². The van der Waals surface area contributed by atoms with E-state index in [2.05, 4.69) is 27.6 Å². The number of hydrogen-bond acceptors (Lipinski definition) is 4. The molecule has 6 heteroatoms. The Bertz CT molecular complexity index is 239. The van der Waals surface area contributed by atoms with Gasteiger partial charge in [-0.15, -0.1) is 0 Å². The lowest BCUT2D eigenvalue weighted by molar-refractivity contribution is 0.196. The van der Waals surface area contributed by atoms with Gasteiger partial charge < -0.3 is 15.0 Å². The first-order valence-corrected chi connectivity index (χ1v) is 6.76. The molecule has 6 nitrogen and oxygen atoms in total. The Morgan fingerprint density at radius 3 is 2.72 bits per heavy atom. The third-order valence-electron chi connectivity index (χ3n) is 3.40. The fraction of sp³-hybridized carbons (Fsp3) is 0.917. The van der Waals surface area contributed by atoms with Crippen LogP contribution in [0.4, 0.5) is 0 Å². The first-order chi connectivity index (χ1) is 8.80. The Hall–Kier alpha value is -0.850. The van der Waals surface area contributed by atoms with E-state index in [4.69, 9.17) is 10.6 Å². The van der Waals surface area contributed by atoms with E-state index < -0.39 is 0 Å². The molecule has 4 N–H and O–H groups in total. The Morgan fingerprint density at radius 1 is 1.44 bits per heavy atom. The van der Waals surface area contributed by atoms with Crippen molar-refractivity contribution < 1.29 is 4.74 Å². The van der Waals surface area contributed by atoms with Gasteiger partial charge in [0, 0.05) is 20.2 Å². The zero-order chi connectivity index (χ0) is 13.2. The van der Waals surface area contributed by atoms with Gasteiger partial charge in [0.25, 0.3) is 0 Å². The van der Waals surface area contributed by atoms with Crippen LogP contribution in [0, 0.1) is 5.92 Å². The lowest BCUT2D eigenvalue weighted by Gasteiger charge is -2.30. The molecule has 106 valence electrons. The van der Waals surface area contributed by atoms with Crippen molar-refractivity contribution in [2.24, 2.45) is 16.8 Å². The van der Waals surface area contributed by atoms with Crippen molar-refractivity contribution in [2.45, 2.75) is 19.8 Å². The van der Waals surface area contributed by atoms with Gasteiger partial charge in [0.15, 0.2) is 0 Å². The number of aliphatic imine (C=N–C) groups is 1. The molecule has 1 saturated heterocycles. The van der Waals surface area contributed by atoms with Gasteiger partial charge in [0.2, 0.25) is 5.96 Å². The van der Waals surface area contributed by atoms with Crippen LogP contribution in [0.15, 0.2) is 4.99 Å². The second-order valence-electron chi connectivity index (χ2n) is 4.63. The molecule has 0 atom stereocenters. The van der Waals surface area contributed by atoms with E-state index in [1.54, 1.807) is 7.11 Å². The summed E-state index contributed by atoms with van der Waals surface area (Å²) in [6, 6.07) is 0. The maximum absolute atomic E-state index is 5.42. The summed E-state index contributed by atoms with van der Waals surface area (Å²) >= 11 is 0. The van der Waals surface area contributed by atoms with E-state index in [9.17, 15) is 0 Å². The zero-order valence-electron chi connectivity index (χ0n) is 11.6. The van der Waals surface area contributed by atoms with Crippen molar-refractivity contribution in [1.29, 1.82) is 0 Å². The number of nitrogens with one attached hydrogen (secondary N) is 2. The highest BCUT2D eigenvalue weighted by atomic mass is 16.5. The summed E-state index contributed by atoms with van der Waals surface area (Å²) < 4.78 is 4.96. The molecule has 0 amide bonds. The Morgan fingerprint density at radius 2 is 2.17 bits per heavy atom. The van der Waals surface area contributed by atoms with Crippen molar-refractivity contribution in [3.05, 3.63) is 0 Å². The fourth-order valence-corrected chi connectivity index (χ4v) is 2.13. The molecule has 1 aliphatic rings. The monoisotopic (exact) mass is 257 g/mol. The molecule has 1 aliphatic heterocycles. The number of likely N-dealkylation sites (tertiary alicyclic amines) is 1. The van der Waals surface area contributed by atoms with Crippen LogP contribution in [-0.2, 0) is 4.74 Å². The summed E-state index contributed by atoms with van der Waals surface area (Å²) in [5, 5.41) is 3.11. The molecule has 0 aromatic carbocycles. The number of guanidine groups is 1. The third-order valence-corrected chi connectivity index (χ3v) is 3.40. The number of ether oxygens (including phenoxy) is 1. The normalized spacial score (nSPS) is 18.9. The first kappa shape index (κ1) is 15.2. The van der Waals surface area contributed by atoms with E-state index in [0.29, 0.717) is 25.0 Å². The molecule has 0 saturated carbocycles. The number of nitrogens with zero attached hydrogens (tertiary/aromatic N) is 2.